The predicted molar refractivity (Wildman–Crippen MR) is 88.3 cm³/mol. The van der Waals surface area contributed by atoms with Crippen molar-refractivity contribution in [3.05, 3.63) is 0 Å². The maximum Gasteiger partial charge on any atom is 0.230 e. The first-order valence-electron chi connectivity index (χ1n) is 8.17. The van der Waals surface area contributed by atoms with Gasteiger partial charge in [0.25, 0.3) is 0 Å². The highest BCUT2D eigenvalue weighted by molar-refractivity contribution is 7.90. The van der Waals surface area contributed by atoms with E-state index in [9.17, 15) is 13.7 Å². The van der Waals surface area contributed by atoms with E-state index in [4.69, 9.17) is 10.5 Å². The molecule has 0 aromatic rings. The second-order valence-electron chi connectivity index (χ2n) is 5.43. The zero-order valence-electron chi connectivity index (χ0n) is 13.9. The van der Waals surface area contributed by atoms with Crippen molar-refractivity contribution in [1.82, 2.24) is 4.31 Å². The Balaban J connectivity index is 4.64. The number of nitrogens with zero attached hydrogens (tertiary/aromatic N) is 4. The summed E-state index contributed by atoms with van der Waals surface area (Å²) in [6, 6.07) is 5.69. The maximum atomic E-state index is 12.5. The Kier molecular flexibility index (Phi) is 12.0. The lowest BCUT2D eigenvalue weighted by molar-refractivity contribution is 0.418. The zero-order valence-corrected chi connectivity index (χ0v) is 14.7. The summed E-state index contributed by atoms with van der Waals surface area (Å²) >= 11 is 0. The van der Waals surface area contributed by atoms with E-state index in [1.54, 1.807) is 0 Å². The molecule has 0 saturated heterocycles. The van der Waals surface area contributed by atoms with Crippen molar-refractivity contribution >= 4 is 10.0 Å². The molecular weight excluding hydrogens is 312 g/mol. The summed E-state index contributed by atoms with van der Waals surface area (Å²) < 4.78 is 26.2. The Bertz CT molecular complexity index is 522. The fraction of sp³-hybridized carbons (Fsp3) is 0.812. The minimum atomic E-state index is -3.79. The fourth-order valence-corrected chi connectivity index (χ4v) is 3.93. The van der Waals surface area contributed by atoms with Crippen LogP contribution in [0.25, 0.3) is 0 Å². The first kappa shape index (κ1) is 21.4. The lowest BCUT2D eigenvalue weighted by Crippen LogP contribution is -2.39. The van der Waals surface area contributed by atoms with Gasteiger partial charge in [0.2, 0.25) is 10.0 Å². The molecule has 1 atom stereocenters. The molecule has 0 aliphatic heterocycles. The van der Waals surface area contributed by atoms with E-state index >= 15 is 0 Å². The summed E-state index contributed by atoms with van der Waals surface area (Å²) in [5.74, 6) is 0. The molecule has 0 bridgehead atoms. The van der Waals surface area contributed by atoms with E-state index in [1.165, 1.54) is 6.42 Å². The van der Waals surface area contributed by atoms with E-state index in [-0.39, 0.29) is 25.9 Å². The first-order chi connectivity index (χ1) is 11.0. The molecule has 0 N–H and O–H groups in total. The topological polar surface area (TPSA) is 109 Å². The smallest absolute Gasteiger partial charge is 0.211 e. The zero-order chi connectivity index (χ0) is 17.6. The average Bonchev–Trinajstić information content (AvgIpc) is 2.53. The fourth-order valence-electron chi connectivity index (χ4n) is 2.29. The molecule has 0 radical (unpaired) electrons. The molecular formula is C16H26N4O2S. The Hall–Kier alpha value is -1.62. The number of nitriles is 3. The molecule has 7 heteroatoms. The number of unbranched alkanes of at least 4 members (excludes halogenated alkanes) is 5. The molecule has 0 aliphatic rings. The van der Waals surface area contributed by atoms with E-state index in [0.717, 1.165) is 30.0 Å². The summed E-state index contributed by atoms with van der Waals surface area (Å²) in [5.41, 5.74) is 0. The van der Waals surface area contributed by atoms with Crippen LogP contribution >= 0.6 is 0 Å². The van der Waals surface area contributed by atoms with Gasteiger partial charge >= 0.3 is 0 Å². The van der Waals surface area contributed by atoms with Crippen LogP contribution in [0.1, 0.15) is 64.7 Å². The van der Waals surface area contributed by atoms with Gasteiger partial charge in [0.05, 0.1) is 18.2 Å². The van der Waals surface area contributed by atoms with Crippen LogP contribution in [-0.2, 0) is 10.0 Å². The van der Waals surface area contributed by atoms with Crippen LogP contribution in [0, 0.1) is 34.0 Å². The van der Waals surface area contributed by atoms with Gasteiger partial charge in [0.15, 0.2) is 5.25 Å². The third kappa shape index (κ3) is 8.55. The molecule has 0 aromatic carbocycles. The van der Waals surface area contributed by atoms with E-state index in [0.29, 0.717) is 12.8 Å². The van der Waals surface area contributed by atoms with Crippen molar-refractivity contribution in [3.63, 3.8) is 0 Å². The van der Waals surface area contributed by atoms with Gasteiger partial charge in [0.1, 0.15) is 0 Å². The van der Waals surface area contributed by atoms with Gasteiger partial charge in [-0.05, 0) is 6.42 Å². The molecule has 0 spiro atoms. The Morgan fingerprint density at radius 3 is 1.91 bits per heavy atom. The third-order valence-corrected chi connectivity index (χ3v) is 5.77. The van der Waals surface area contributed by atoms with E-state index in [2.05, 4.69) is 6.92 Å². The number of sulfonamides is 1. The SMILES string of the molecule is CCCCCCCCC(C#N)S(=O)(=O)N(CCC#N)CCC#N. The lowest BCUT2D eigenvalue weighted by atomic mass is 10.1. The van der Waals surface area contributed by atoms with Gasteiger partial charge in [-0.15, -0.1) is 0 Å². The highest BCUT2D eigenvalue weighted by atomic mass is 32.2. The van der Waals surface area contributed by atoms with Crippen LogP contribution in [0.4, 0.5) is 0 Å². The van der Waals surface area contributed by atoms with Crippen LogP contribution in [0.2, 0.25) is 0 Å². The molecule has 1 unspecified atom stereocenters. The van der Waals surface area contributed by atoms with E-state index < -0.39 is 15.3 Å². The quantitative estimate of drug-likeness (QED) is 0.479. The van der Waals surface area contributed by atoms with Crippen LogP contribution < -0.4 is 0 Å². The molecule has 6 nitrogen and oxygen atoms in total. The normalized spacial score (nSPS) is 12.3. The average molecular weight is 338 g/mol. The minimum Gasteiger partial charge on any atom is -0.211 e. The highest BCUT2D eigenvalue weighted by Gasteiger charge is 2.31. The standard InChI is InChI=1S/C16H26N4O2S/c1-2-3-4-5-6-7-10-16(15-19)23(21,22)20(13-8-11-17)14-9-12-18/h16H,2-10,13-14H2,1H3. The van der Waals surface area contributed by atoms with Crippen molar-refractivity contribution < 1.29 is 8.42 Å². The van der Waals surface area contributed by atoms with Crippen molar-refractivity contribution in [3.8, 4) is 18.2 Å². The Morgan fingerprint density at radius 1 is 0.913 bits per heavy atom. The summed E-state index contributed by atoms with van der Waals surface area (Å²) in [6.45, 7) is 2.21. The Morgan fingerprint density at radius 2 is 1.43 bits per heavy atom. The van der Waals surface area contributed by atoms with Gasteiger partial charge in [-0.25, -0.2) is 8.42 Å². The van der Waals surface area contributed by atoms with Crippen LogP contribution in [0.5, 0.6) is 0 Å². The van der Waals surface area contributed by atoms with Crippen LogP contribution in [-0.4, -0.2) is 31.1 Å². The maximum absolute atomic E-state index is 12.5. The van der Waals surface area contributed by atoms with Crippen molar-refractivity contribution in [2.24, 2.45) is 0 Å². The largest absolute Gasteiger partial charge is 0.230 e. The summed E-state index contributed by atoms with van der Waals surface area (Å²) in [6.07, 6.45) is 6.56. The molecule has 0 rings (SSSR count). The summed E-state index contributed by atoms with van der Waals surface area (Å²) in [4.78, 5) is 0. The minimum absolute atomic E-state index is 0.0369. The van der Waals surface area contributed by atoms with Gasteiger partial charge < -0.3 is 0 Å². The second kappa shape index (κ2) is 12.9. The van der Waals surface area contributed by atoms with E-state index in [1.807, 2.05) is 18.2 Å². The lowest BCUT2D eigenvalue weighted by Gasteiger charge is -2.23. The second-order valence-corrected chi connectivity index (χ2v) is 7.55. The van der Waals surface area contributed by atoms with Gasteiger partial charge in [-0.1, -0.05) is 45.4 Å². The molecule has 0 aliphatic carbocycles. The Labute approximate surface area is 140 Å². The number of hydrogen-bond acceptors (Lipinski definition) is 5. The summed E-state index contributed by atoms with van der Waals surface area (Å²) in [7, 11) is -3.79. The van der Waals surface area contributed by atoms with Crippen molar-refractivity contribution in [1.29, 1.82) is 15.8 Å². The van der Waals surface area contributed by atoms with Gasteiger partial charge in [0, 0.05) is 25.9 Å². The molecule has 0 aromatic heterocycles. The predicted octanol–water partition coefficient (Wildman–Crippen LogP) is 3.09. The summed E-state index contributed by atoms with van der Waals surface area (Å²) in [5, 5.41) is 25.4. The number of rotatable bonds is 13. The van der Waals surface area contributed by atoms with Crippen molar-refractivity contribution in [2.45, 2.75) is 70.0 Å². The molecule has 0 saturated carbocycles. The van der Waals surface area contributed by atoms with Gasteiger partial charge in [-0.2, -0.15) is 20.1 Å². The molecule has 128 valence electrons. The molecule has 0 amide bonds. The highest BCUT2D eigenvalue weighted by Crippen LogP contribution is 2.17. The molecule has 0 fully saturated rings. The van der Waals surface area contributed by atoms with Gasteiger partial charge in [-0.3, -0.25) is 0 Å². The monoisotopic (exact) mass is 338 g/mol. The first-order valence-corrected chi connectivity index (χ1v) is 9.67. The molecule has 0 heterocycles. The van der Waals surface area contributed by atoms with Crippen molar-refractivity contribution in [2.75, 3.05) is 13.1 Å². The third-order valence-electron chi connectivity index (χ3n) is 3.63. The molecule has 23 heavy (non-hydrogen) atoms. The van der Waals surface area contributed by atoms with Crippen LogP contribution in [0.3, 0.4) is 0 Å². The number of hydrogen-bond donors (Lipinski definition) is 0. The van der Waals surface area contributed by atoms with Crippen LogP contribution in [0.15, 0.2) is 0 Å².